The molecule has 0 saturated heterocycles. The molecule has 0 aliphatic carbocycles. The van der Waals surface area contributed by atoms with Crippen molar-refractivity contribution >= 4 is 43.6 Å². The van der Waals surface area contributed by atoms with Crippen LogP contribution >= 0.6 is 0 Å². The second kappa shape index (κ2) is 11.9. The van der Waals surface area contributed by atoms with Crippen molar-refractivity contribution in [3.63, 3.8) is 0 Å². The molecule has 0 bridgehead atoms. The molecule has 0 radical (unpaired) electrons. The van der Waals surface area contributed by atoms with Gasteiger partial charge in [-0.15, -0.1) is 0 Å². The van der Waals surface area contributed by atoms with Crippen molar-refractivity contribution < 1.29 is 0 Å². The molecule has 10 aromatic rings. The molecule has 0 fully saturated rings. The fourth-order valence-corrected chi connectivity index (χ4v) is 7.51. The van der Waals surface area contributed by atoms with Crippen molar-refractivity contribution in [3.8, 4) is 51.6 Å². The van der Waals surface area contributed by atoms with Gasteiger partial charge in [-0.25, -0.2) is 15.0 Å². The normalized spacial score (nSPS) is 11.4. The molecule has 0 saturated carbocycles. The SMILES string of the molecule is N#Cc1cccc(-c2nc(-c3ccccc3)nc(-c3cccc(-n4c5ccccc5c5c6c7ccccc7n(-c7ccccc7)c6ccc54)c3)n2)c1. The number of rotatable bonds is 5. The van der Waals surface area contributed by atoms with E-state index in [1.807, 2.05) is 54.6 Å². The summed E-state index contributed by atoms with van der Waals surface area (Å²) in [6, 6.07) is 60.4. The fraction of sp³-hybridized carbons (Fsp3) is 0. The van der Waals surface area contributed by atoms with Gasteiger partial charge >= 0.3 is 0 Å². The van der Waals surface area contributed by atoms with E-state index in [0.29, 0.717) is 23.0 Å². The summed E-state index contributed by atoms with van der Waals surface area (Å²) in [4.78, 5) is 14.8. The van der Waals surface area contributed by atoms with Crippen LogP contribution in [0.5, 0.6) is 0 Å². The van der Waals surface area contributed by atoms with Gasteiger partial charge in [0.2, 0.25) is 0 Å². The predicted octanol–water partition coefficient (Wildman–Crippen LogP) is 10.9. The highest BCUT2D eigenvalue weighted by Gasteiger charge is 2.21. The molecule has 6 nitrogen and oxygen atoms in total. The zero-order valence-corrected chi connectivity index (χ0v) is 27.8. The van der Waals surface area contributed by atoms with Gasteiger partial charge in [0.15, 0.2) is 17.5 Å². The highest BCUT2D eigenvalue weighted by molar-refractivity contribution is 6.28. The largest absolute Gasteiger partial charge is 0.309 e. The Bertz CT molecular complexity index is 3020. The molecule has 52 heavy (non-hydrogen) atoms. The quantitative estimate of drug-likeness (QED) is 0.184. The third-order valence-corrected chi connectivity index (χ3v) is 9.77. The van der Waals surface area contributed by atoms with E-state index in [9.17, 15) is 5.26 Å². The maximum absolute atomic E-state index is 9.60. The van der Waals surface area contributed by atoms with Crippen LogP contribution in [-0.4, -0.2) is 24.1 Å². The zero-order chi connectivity index (χ0) is 34.6. The molecule has 0 aliphatic heterocycles. The van der Waals surface area contributed by atoms with E-state index < -0.39 is 0 Å². The Labute approximate surface area is 299 Å². The van der Waals surface area contributed by atoms with Gasteiger partial charge in [0.25, 0.3) is 0 Å². The van der Waals surface area contributed by atoms with Crippen LogP contribution in [0.25, 0.3) is 89.2 Å². The van der Waals surface area contributed by atoms with Gasteiger partial charge in [0, 0.05) is 49.6 Å². The topological polar surface area (TPSA) is 72.3 Å². The molecule has 7 aromatic carbocycles. The third kappa shape index (κ3) is 4.68. The van der Waals surface area contributed by atoms with Crippen LogP contribution in [-0.2, 0) is 0 Å². The Hall–Kier alpha value is -7.36. The minimum atomic E-state index is 0.514. The van der Waals surface area contributed by atoms with E-state index in [-0.39, 0.29) is 0 Å². The average Bonchev–Trinajstić information content (AvgIpc) is 3.74. The third-order valence-electron chi connectivity index (χ3n) is 9.77. The Balaban J connectivity index is 1.21. The fourth-order valence-electron chi connectivity index (χ4n) is 7.51. The standard InChI is InChI=1S/C46H28N6/c47-29-30-13-11-16-32(27-30)45-48-44(31-14-3-1-4-15-31)49-46(50-45)33-17-12-20-35(28-33)52-39-24-10-8-22-37(39)43-41(52)26-25-40-42(43)36-21-7-9-23-38(36)51(40)34-18-5-2-6-19-34/h1-28H. The van der Waals surface area contributed by atoms with Gasteiger partial charge in [-0.3, -0.25) is 0 Å². The number of hydrogen-bond donors (Lipinski definition) is 0. The lowest BCUT2D eigenvalue weighted by Gasteiger charge is -2.12. The predicted molar refractivity (Wildman–Crippen MR) is 210 cm³/mol. The Kier molecular flexibility index (Phi) is 6.76. The molecular weight excluding hydrogens is 637 g/mol. The van der Waals surface area contributed by atoms with Crippen LogP contribution in [0, 0.1) is 11.3 Å². The summed E-state index contributed by atoms with van der Waals surface area (Å²) in [6.07, 6.45) is 0. The van der Waals surface area contributed by atoms with E-state index >= 15 is 0 Å². The van der Waals surface area contributed by atoms with Crippen LogP contribution in [0.1, 0.15) is 5.56 Å². The number of hydrogen-bond acceptors (Lipinski definition) is 4. The number of fused-ring (bicyclic) bond motifs is 7. The van der Waals surface area contributed by atoms with Gasteiger partial charge in [0.05, 0.1) is 33.7 Å². The van der Waals surface area contributed by atoms with E-state index in [1.54, 1.807) is 6.07 Å². The van der Waals surface area contributed by atoms with Crippen molar-refractivity contribution in [2.45, 2.75) is 0 Å². The Morgan fingerprint density at radius 2 is 0.846 bits per heavy atom. The van der Waals surface area contributed by atoms with Crippen LogP contribution in [0.4, 0.5) is 0 Å². The van der Waals surface area contributed by atoms with E-state index in [2.05, 4.69) is 124 Å². The number of benzene rings is 7. The second-order valence-corrected chi connectivity index (χ2v) is 12.8. The molecule has 242 valence electrons. The molecule has 0 amide bonds. The average molecular weight is 665 g/mol. The number of nitriles is 1. The van der Waals surface area contributed by atoms with E-state index in [1.165, 1.54) is 32.6 Å². The van der Waals surface area contributed by atoms with Crippen molar-refractivity contribution in [2.24, 2.45) is 0 Å². The summed E-state index contributed by atoms with van der Waals surface area (Å²) < 4.78 is 4.71. The summed E-state index contributed by atoms with van der Waals surface area (Å²) in [5, 5.41) is 14.5. The lowest BCUT2D eigenvalue weighted by atomic mass is 10.1. The molecule has 3 heterocycles. The van der Waals surface area contributed by atoms with Gasteiger partial charge in [-0.2, -0.15) is 5.26 Å². The zero-order valence-electron chi connectivity index (χ0n) is 27.8. The van der Waals surface area contributed by atoms with Crippen LogP contribution in [0.15, 0.2) is 170 Å². The Morgan fingerprint density at radius 3 is 1.46 bits per heavy atom. The molecule has 0 aliphatic rings. The lowest BCUT2D eigenvalue weighted by molar-refractivity contribution is 1.07. The van der Waals surface area contributed by atoms with E-state index in [4.69, 9.17) is 15.0 Å². The molecule has 6 heteroatoms. The first-order valence-corrected chi connectivity index (χ1v) is 17.2. The van der Waals surface area contributed by atoms with Gasteiger partial charge in [-0.05, 0) is 60.7 Å². The molecule has 0 atom stereocenters. The highest BCUT2D eigenvalue weighted by atomic mass is 15.0. The van der Waals surface area contributed by atoms with Crippen LogP contribution in [0.3, 0.4) is 0 Å². The summed E-state index contributed by atoms with van der Waals surface area (Å²) in [6.45, 7) is 0. The minimum Gasteiger partial charge on any atom is -0.309 e. The number of nitrogens with zero attached hydrogens (tertiary/aromatic N) is 6. The lowest BCUT2D eigenvalue weighted by Crippen LogP contribution is -2.01. The summed E-state index contributed by atoms with van der Waals surface area (Å²) in [5.41, 5.74) is 9.79. The Morgan fingerprint density at radius 1 is 0.385 bits per heavy atom. The van der Waals surface area contributed by atoms with E-state index in [0.717, 1.165) is 39.1 Å². The first-order valence-electron chi connectivity index (χ1n) is 17.2. The van der Waals surface area contributed by atoms with Gasteiger partial charge in [-0.1, -0.05) is 109 Å². The molecule has 0 N–H and O–H groups in total. The number of para-hydroxylation sites is 3. The summed E-state index contributed by atoms with van der Waals surface area (Å²) in [7, 11) is 0. The van der Waals surface area contributed by atoms with Gasteiger partial charge in [0.1, 0.15) is 0 Å². The smallest absolute Gasteiger partial charge is 0.164 e. The molecule has 0 spiro atoms. The van der Waals surface area contributed by atoms with Gasteiger partial charge < -0.3 is 9.13 Å². The number of aromatic nitrogens is 5. The minimum absolute atomic E-state index is 0.514. The molecule has 3 aromatic heterocycles. The molecular formula is C46H28N6. The molecule has 0 unspecified atom stereocenters. The highest BCUT2D eigenvalue weighted by Crippen LogP contribution is 2.42. The molecule has 10 rings (SSSR count). The first-order chi connectivity index (χ1) is 25.7. The van der Waals surface area contributed by atoms with Crippen molar-refractivity contribution in [1.29, 1.82) is 5.26 Å². The van der Waals surface area contributed by atoms with Crippen molar-refractivity contribution in [1.82, 2.24) is 24.1 Å². The van der Waals surface area contributed by atoms with Crippen molar-refractivity contribution in [2.75, 3.05) is 0 Å². The maximum atomic E-state index is 9.60. The second-order valence-electron chi connectivity index (χ2n) is 12.8. The summed E-state index contributed by atoms with van der Waals surface area (Å²) >= 11 is 0. The first kappa shape index (κ1) is 29.5. The van der Waals surface area contributed by atoms with Crippen LogP contribution < -0.4 is 0 Å². The van der Waals surface area contributed by atoms with Crippen LogP contribution in [0.2, 0.25) is 0 Å². The van der Waals surface area contributed by atoms with Crippen molar-refractivity contribution in [3.05, 3.63) is 175 Å². The monoisotopic (exact) mass is 664 g/mol. The maximum Gasteiger partial charge on any atom is 0.164 e. The summed E-state index contributed by atoms with van der Waals surface area (Å²) in [5.74, 6) is 1.64.